The van der Waals surface area contributed by atoms with Gasteiger partial charge in [-0.15, -0.1) is 11.8 Å². The Labute approximate surface area is 152 Å². The fourth-order valence-electron chi connectivity index (χ4n) is 2.36. The molecular weight excluding hydrogens is 360 g/mol. The van der Waals surface area contributed by atoms with Gasteiger partial charge < -0.3 is 4.74 Å². The normalized spacial score (nSPS) is 10.6. The van der Waals surface area contributed by atoms with Crippen molar-refractivity contribution in [3.05, 3.63) is 69.2 Å². The molecule has 3 rings (SSSR count). The number of nitrogens with one attached hydrogen (secondary N) is 1. The molecule has 0 aliphatic rings. The van der Waals surface area contributed by atoms with Crippen molar-refractivity contribution >= 4 is 29.7 Å². The van der Waals surface area contributed by atoms with Gasteiger partial charge in [-0.3, -0.25) is 19.8 Å². The van der Waals surface area contributed by atoms with Crippen LogP contribution in [0, 0.1) is 14.9 Å². The molecule has 0 fully saturated rings. The number of nitro groups is 1. The second-order valence-corrected chi connectivity index (χ2v) is 6.37. The molecule has 0 aliphatic heterocycles. The van der Waals surface area contributed by atoms with E-state index in [0.29, 0.717) is 27.0 Å². The van der Waals surface area contributed by atoms with Crippen LogP contribution in [0.5, 0.6) is 5.75 Å². The van der Waals surface area contributed by atoms with Crippen LogP contribution < -0.4 is 4.74 Å². The smallest absolute Gasteiger partial charge is 0.282 e. The molecule has 0 atom stereocenters. The molecule has 0 bridgehead atoms. The third kappa shape index (κ3) is 3.57. The van der Waals surface area contributed by atoms with Gasteiger partial charge in [0.15, 0.2) is 4.77 Å². The second-order valence-electron chi connectivity index (χ2n) is 4.97. The van der Waals surface area contributed by atoms with E-state index in [1.807, 2.05) is 24.3 Å². The first-order chi connectivity index (χ1) is 12.1. The van der Waals surface area contributed by atoms with Crippen LogP contribution in [0.4, 0.5) is 5.69 Å². The third-order valence-electron chi connectivity index (χ3n) is 3.49. The number of nitro benzene ring substituents is 1. The van der Waals surface area contributed by atoms with E-state index >= 15 is 0 Å². The zero-order chi connectivity index (χ0) is 17.8. The van der Waals surface area contributed by atoms with E-state index in [9.17, 15) is 10.1 Å². The number of nitrogens with zero attached hydrogens (tertiary/aromatic N) is 3. The average molecular weight is 374 g/mol. The molecule has 0 spiro atoms. The summed E-state index contributed by atoms with van der Waals surface area (Å²) in [6.07, 6.45) is 0. The number of hydrogen-bond acceptors (Lipinski definition) is 6. The lowest BCUT2D eigenvalue weighted by Gasteiger charge is -2.11. The Morgan fingerprint density at radius 2 is 2.00 bits per heavy atom. The van der Waals surface area contributed by atoms with Crippen LogP contribution in [0.25, 0.3) is 5.69 Å². The number of para-hydroxylation sites is 3. The van der Waals surface area contributed by atoms with Gasteiger partial charge in [-0.2, -0.15) is 5.10 Å². The molecule has 2 aromatic carbocycles. The monoisotopic (exact) mass is 374 g/mol. The molecule has 0 unspecified atom stereocenters. The molecule has 25 heavy (non-hydrogen) atoms. The second kappa shape index (κ2) is 7.49. The summed E-state index contributed by atoms with van der Waals surface area (Å²) >= 11 is 6.66. The molecule has 0 amide bonds. The highest BCUT2D eigenvalue weighted by Gasteiger charge is 2.16. The number of aromatic amines is 1. The van der Waals surface area contributed by atoms with E-state index in [1.54, 1.807) is 29.9 Å². The highest BCUT2D eigenvalue weighted by Crippen LogP contribution is 2.32. The number of benzene rings is 2. The molecule has 0 radical (unpaired) electrons. The Morgan fingerprint density at radius 3 is 2.76 bits per heavy atom. The predicted octanol–water partition coefficient (Wildman–Crippen LogP) is 4.14. The van der Waals surface area contributed by atoms with E-state index in [-0.39, 0.29) is 10.6 Å². The fourth-order valence-corrected chi connectivity index (χ4v) is 3.55. The van der Waals surface area contributed by atoms with Crippen molar-refractivity contribution in [3.63, 3.8) is 0 Å². The molecule has 9 heteroatoms. The molecule has 1 heterocycles. The quantitative estimate of drug-likeness (QED) is 0.302. The molecule has 7 nitrogen and oxygen atoms in total. The summed E-state index contributed by atoms with van der Waals surface area (Å²) in [6, 6.07) is 14.1. The van der Waals surface area contributed by atoms with E-state index < -0.39 is 0 Å². The van der Waals surface area contributed by atoms with Gasteiger partial charge >= 0.3 is 0 Å². The van der Waals surface area contributed by atoms with Gasteiger partial charge in [0.1, 0.15) is 11.6 Å². The van der Waals surface area contributed by atoms with Gasteiger partial charge in [0.25, 0.3) is 5.69 Å². The summed E-state index contributed by atoms with van der Waals surface area (Å²) in [5.74, 6) is 1.73. The molecule has 0 saturated heterocycles. The Kier molecular flexibility index (Phi) is 5.15. The third-order valence-corrected chi connectivity index (χ3v) is 4.82. The molecule has 128 valence electrons. The molecule has 1 N–H and O–H groups in total. The lowest BCUT2D eigenvalue weighted by atomic mass is 10.3. The predicted molar refractivity (Wildman–Crippen MR) is 98.0 cm³/mol. The molecule has 0 aliphatic carbocycles. The van der Waals surface area contributed by atoms with Crippen LogP contribution in [-0.4, -0.2) is 26.8 Å². The largest absolute Gasteiger partial charge is 0.495 e. The summed E-state index contributed by atoms with van der Waals surface area (Å²) < 4.78 is 7.59. The van der Waals surface area contributed by atoms with Crippen LogP contribution in [0.3, 0.4) is 0 Å². The molecule has 1 aromatic heterocycles. The van der Waals surface area contributed by atoms with E-state index in [4.69, 9.17) is 17.0 Å². The van der Waals surface area contributed by atoms with Crippen molar-refractivity contribution in [2.45, 2.75) is 10.6 Å². The van der Waals surface area contributed by atoms with Crippen LogP contribution in [0.15, 0.2) is 53.4 Å². The number of methoxy groups -OCH3 is 1. The van der Waals surface area contributed by atoms with Gasteiger partial charge in [-0.25, -0.2) is 0 Å². The highest BCUT2D eigenvalue weighted by molar-refractivity contribution is 7.98. The number of ether oxygens (including phenoxy) is 1. The van der Waals surface area contributed by atoms with E-state index in [2.05, 4.69) is 10.2 Å². The maximum absolute atomic E-state index is 11.1. The van der Waals surface area contributed by atoms with Crippen molar-refractivity contribution in [1.29, 1.82) is 0 Å². The van der Waals surface area contributed by atoms with Crippen LogP contribution in [0.2, 0.25) is 0 Å². The van der Waals surface area contributed by atoms with Gasteiger partial charge in [-0.05, 0) is 30.4 Å². The molecule has 3 aromatic rings. The Morgan fingerprint density at radius 1 is 1.28 bits per heavy atom. The minimum Gasteiger partial charge on any atom is -0.495 e. The fraction of sp³-hybridized carbons (Fsp3) is 0.125. The number of rotatable bonds is 6. The Hall–Kier alpha value is -2.65. The summed E-state index contributed by atoms with van der Waals surface area (Å²) in [5.41, 5.74) is 0.840. The van der Waals surface area contributed by atoms with Crippen LogP contribution in [0.1, 0.15) is 5.82 Å². The number of H-pyrrole nitrogens is 1. The lowest BCUT2D eigenvalue weighted by molar-refractivity contribution is -0.387. The minimum absolute atomic E-state index is 0.0745. The standard InChI is InChI=1S/C16H14N4O3S2/c1-23-13-8-4-2-6-11(13)19-15(17-18-16(19)24)10-25-14-9-5-3-7-12(14)20(21)22/h2-9H,10H2,1H3,(H,18,24). The van der Waals surface area contributed by atoms with Crippen LogP contribution >= 0.6 is 24.0 Å². The number of aromatic nitrogens is 3. The Balaban J connectivity index is 1.94. The van der Waals surface area contributed by atoms with Crippen molar-refractivity contribution in [3.8, 4) is 11.4 Å². The van der Waals surface area contributed by atoms with Gasteiger partial charge in [0, 0.05) is 6.07 Å². The summed E-state index contributed by atoms with van der Waals surface area (Å²) in [6.45, 7) is 0. The summed E-state index contributed by atoms with van der Waals surface area (Å²) in [4.78, 5) is 11.3. The maximum Gasteiger partial charge on any atom is 0.282 e. The maximum atomic E-state index is 11.1. The summed E-state index contributed by atoms with van der Waals surface area (Å²) in [5, 5.41) is 18.2. The van der Waals surface area contributed by atoms with Crippen molar-refractivity contribution in [2.24, 2.45) is 0 Å². The van der Waals surface area contributed by atoms with E-state index in [0.717, 1.165) is 5.69 Å². The SMILES string of the molecule is COc1ccccc1-n1c(CSc2ccccc2[N+](=O)[O-])n[nH]c1=S. The molecule has 0 saturated carbocycles. The Bertz CT molecular complexity index is 968. The first kappa shape index (κ1) is 17.2. The first-order valence-electron chi connectivity index (χ1n) is 7.27. The van der Waals surface area contributed by atoms with E-state index in [1.165, 1.54) is 17.8 Å². The van der Waals surface area contributed by atoms with Gasteiger partial charge in [-0.1, -0.05) is 24.3 Å². The van der Waals surface area contributed by atoms with Crippen molar-refractivity contribution in [2.75, 3.05) is 7.11 Å². The minimum atomic E-state index is -0.389. The van der Waals surface area contributed by atoms with Gasteiger partial charge in [0.2, 0.25) is 0 Å². The van der Waals surface area contributed by atoms with Gasteiger partial charge in [0.05, 0.1) is 28.4 Å². The first-order valence-corrected chi connectivity index (χ1v) is 8.67. The number of thioether (sulfide) groups is 1. The van der Waals surface area contributed by atoms with Crippen molar-refractivity contribution in [1.82, 2.24) is 14.8 Å². The van der Waals surface area contributed by atoms with Crippen molar-refractivity contribution < 1.29 is 9.66 Å². The van der Waals surface area contributed by atoms with Crippen LogP contribution in [-0.2, 0) is 5.75 Å². The molecular formula is C16H14N4O3S2. The summed E-state index contributed by atoms with van der Waals surface area (Å²) in [7, 11) is 1.59. The zero-order valence-electron chi connectivity index (χ0n) is 13.2. The highest BCUT2D eigenvalue weighted by atomic mass is 32.2. The number of hydrogen-bond donors (Lipinski definition) is 1. The zero-order valence-corrected chi connectivity index (χ0v) is 14.8. The lowest BCUT2D eigenvalue weighted by Crippen LogP contribution is -2.03. The average Bonchev–Trinajstić information content (AvgIpc) is 3.00. The topological polar surface area (TPSA) is 86.0 Å².